The normalized spacial score (nSPS) is 37.5. The lowest BCUT2D eigenvalue weighted by Gasteiger charge is -2.28. The van der Waals surface area contributed by atoms with Gasteiger partial charge in [0.15, 0.2) is 0 Å². The summed E-state index contributed by atoms with van der Waals surface area (Å²) >= 11 is 0. The third-order valence-electron chi connectivity index (χ3n) is 5.00. The van der Waals surface area contributed by atoms with Crippen LogP contribution in [0.4, 0.5) is 0 Å². The van der Waals surface area contributed by atoms with Crippen molar-refractivity contribution in [2.75, 3.05) is 0 Å². The highest BCUT2D eigenvalue weighted by Gasteiger charge is 2.51. The van der Waals surface area contributed by atoms with Crippen LogP contribution in [0.5, 0.6) is 0 Å². The molecule has 2 bridgehead atoms. The van der Waals surface area contributed by atoms with E-state index in [1.165, 1.54) is 19.3 Å². The van der Waals surface area contributed by atoms with Crippen LogP contribution in [0.2, 0.25) is 0 Å². The maximum absolute atomic E-state index is 12.4. The van der Waals surface area contributed by atoms with Crippen molar-refractivity contribution >= 4 is 11.9 Å². The van der Waals surface area contributed by atoms with Crippen molar-refractivity contribution in [2.24, 2.45) is 23.7 Å². The molecule has 4 atom stereocenters. The lowest BCUT2D eigenvalue weighted by Crippen LogP contribution is -2.45. The van der Waals surface area contributed by atoms with Crippen molar-refractivity contribution in [2.45, 2.75) is 44.6 Å². The molecule has 104 valence electrons. The van der Waals surface area contributed by atoms with E-state index in [2.05, 4.69) is 5.32 Å². The molecular formula is C15H21NO3. The first-order valence-corrected chi connectivity index (χ1v) is 7.38. The molecule has 3 aliphatic rings. The molecule has 4 heteroatoms. The number of carbonyl (C=O) groups excluding carboxylic acids is 1. The monoisotopic (exact) mass is 263 g/mol. The van der Waals surface area contributed by atoms with Gasteiger partial charge < -0.3 is 10.4 Å². The van der Waals surface area contributed by atoms with Crippen LogP contribution in [0.25, 0.3) is 0 Å². The highest BCUT2D eigenvalue weighted by Crippen LogP contribution is 2.48. The van der Waals surface area contributed by atoms with E-state index in [1.54, 1.807) is 0 Å². The summed E-state index contributed by atoms with van der Waals surface area (Å²) in [5.41, 5.74) is 0. The summed E-state index contributed by atoms with van der Waals surface area (Å²) in [5, 5.41) is 12.4. The van der Waals surface area contributed by atoms with Crippen LogP contribution in [0.1, 0.15) is 38.5 Å². The molecule has 2 saturated carbocycles. The van der Waals surface area contributed by atoms with Crippen LogP contribution >= 0.6 is 0 Å². The van der Waals surface area contributed by atoms with Gasteiger partial charge in [-0.25, -0.2) is 0 Å². The molecule has 0 aromatic rings. The second-order valence-corrected chi connectivity index (χ2v) is 6.18. The number of carboxylic acids is 1. The molecule has 0 heterocycles. The van der Waals surface area contributed by atoms with E-state index in [1.807, 2.05) is 12.2 Å². The van der Waals surface area contributed by atoms with Gasteiger partial charge in [0.2, 0.25) is 5.91 Å². The third-order valence-corrected chi connectivity index (χ3v) is 5.00. The second kappa shape index (κ2) is 4.99. The fourth-order valence-electron chi connectivity index (χ4n) is 4.06. The van der Waals surface area contributed by atoms with Crippen LogP contribution in [0.15, 0.2) is 12.2 Å². The molecule has 2 N–H and O–H groups in total. The van der Waals surface area contributed by atoms with Crippen LogP contribution in [-0.2, 0) is 9.59 Å². The van der Waals surface area contributed by atoms with E-state index in [0.717, 1.165) is 19.3 Å². The number of carbonyl (C=O) groups is 2. The average Bonchev–Trinajstić information content (AvgIpc) is 2.99. The average molecular weight is 263 g/mol. The summed E-state index contributed by atoms with van der Waals surface area (Å²) in [6, 6.07) is 0.263. The zero-order valence-corrected chi connectivity index (χ0v) is 11.0. The van der Waals surface area contributed by atoms with Gasteiger partial charge >= 0.3 is 5.97 Å². The van der Waals surface area contributed by atoms with Crippen LogP contribution < -0.4 is 5.32 Å². The van der Waals surface area contributed by atoms with E-state index in [0.29, 0.717) is 0 Å². The lowest BCUT2D eigenvalue weighted by molar-refractivity contribution is -0.148. The van der Waals surface area contributed by atoms with Crippen molar-refractivity contribution in [3.8, 4) is 0 Å². The summed E-state index contributed by atoms with van der Waals surface area (Å²) in [7, 11) is 0. The van der Waals surface area contributed by atoms with Gasteiger partial charge in [-0.05, 0) is 31.1 Å². The highest BCUT2D eigenvalue weighted by molar-refractivity contribution is 5.87. The Labute approximate surface area is 113 Å². The van der Waals surface area contributed by atoms with Gasteiger partial charge in [0, 0.05) is 6.04 Å². The Morgan fingerprint density at radius 1 is 1.00 bits per heavy atom. The largest absolute Gasteiger partial charge is 0.481 e. The van der Waals surface area contributed by atoms with Gasteiger partial charge in [0.1, 0.15) is 0 Å². The van der Waals surface area contributed by atoms with Gasteiger partial charge in [-0.1, -0.05) is 31.4 Å². The highest BCUT2D eigenvalue weighted by atomic mass is 16.4. The molecule has 0 aromatic carbocycles. The van der Waals surface area contributed by atoms with Crippen LogP contribution in [0, 0.1) is 23.7 Å². The molecule has 0 unspecified atom stereocenters. The Hall–Kier alpha value is -1.32. The summed E-state index contributed by atoms with van der Waals surface area (Å²) in [4.78, 5) is 23.8. The Balaban J connectivity index is 1.68. The lowest BCUT2D eigenvalue weighted by atomic mass is 9.82. The van der Waals surface area contributed by atoms with E-state index in [9.17, 15) is 14.7 Å². The van der Waals surface area contributed by atoms with E-state index < -0.39 is 11.9 Å². The number of carboxylic acid groups (broad SMARTS) is 1. The number of amides is 1. The second-order valence-electron chi connectivity index (χ2n) is 6.18. The Bertz CT molecular complexity index is 412. The van der Waals surface area contributed by atoms with Crippen LogP contribution in [-0.4, -0.2) is 23.0 Å². The Morgan fingerprint density at radius 3 is 2.26 bits per heavy atom. The first kappa shape index (κ1) is 12.7. The molecule has 1 amide bonds. The van der Waals surface area contributed by atoms with Crippen molar-refractivity contribution in [1.82, 2.24) is 5.32 Å². The minimum Gasteiger partial charge on any atom is -0.481 e. The van der Waals surface area contributed by atoms with Crippen molar-refractivity contribution < 1.29 is 14.7 Å². The summed E-state index contributed by atoms with van der Waals surface area (Å²) in [6.07, 6.45) is 10.5. The van der Waals surface area contributed by atoms with E-state index >= 15 is 0 Å². The molecule has 2 fully saturated rings. The van der Waals surface area contributed by atoms with E-state index in [4.69, 9.17) is 0 Å². The topological polar surface area (TPSA) is 66.4 Å². The molecule has 4 nitrogen and oxygen atoms in total. The van der Waals surface area contributed by atoms with Gasteiger partial charge in [-0.15, -0.1) is 0 Å². The first-order chi connectivity index (χ1) is 9.16. The molecule has 0 spiro atoms. The molecule has 0 aliphatic heterocycles. The first-order valence-electron chi connectivity index (χ1n) is 7.38. The molecule has 0 radical (unpaired) electrons. The Morgan fingerprint density at radius 2 is 1.63 bits per heavy atom. The molecule has 3 aliphatic carbocycles. The van der Waals surface area contributed by atoms with Gasteiger partial charge in [-0.2, -0.15) is 0 Å². The van der Waals surface area contributed by atoms with Crippen molar-refractivity contribution in [3.63, 3.8) is 0 Å². The smallest absolute Gasteiger partial charge is 0.307 e. The number of fused-ring (bicyclic) bond motifs is 2. The number of hydrogen-bond acceptors (Lipinski definition) is 2. The number of hydrogen-bond donors (Lipinski definition) is 2. The molecule has 19 heavy (non-hydrogen) atoms. The van der Waals surface area contributed by atoms with Gasteiger partial charge in [0.05, 0.1) is 11.8 Å². The molecule has 0 saturated heterocycles. The zero-order valence-electron chi connectivity index (χ0n) is 11.0. The zero-order chi connectivity index (χ0) is 13.4. The predicted molar refractivity (Wildman–Crippen MR) is 70.4 cm³/mol. The fourth-order valence-corrected chi connectivity index (χ4v) is 4.06. The number of allylic oxidation sites excluding steroid dienone is 2. The minimum absolute atomic E-state index is 0.0313. The Kier molecular flexibility index (Phi) is 3.33. The third kappa shape index (κ3) is 2.28. The van der Waals surface area contributed by atoms with Crippen molar-refractivity contribution in [1.29, 1.82) is 0 Å². The predicted octanol–water partition coefficient (Wildman–Crippen LogP) is 1.96. The van der Waals surface area contributed by atoms with Crippen molar-refractivity contribution in [3.05, 3.63) is 12.2 Å². The SMILES string of the molecule is O=C(O)[C@H]1[C@H](C(=O)NC2CCCCC2)[C@H]2C=C[C@H]1C2. The number of aliphatic carboxylic acids is 1. The minimum atomic E-state index is -0.819. The quantitative estimate of drug-likeness (QED) is 0.765. The maximum Gasteiger partial charge on any atom is 0.307 e. The van der Waals surface area contributed by atoms with Crippen LogP contribution in [0.3, 0.4) is 0 Å². The summed E-state index contributed by atoms with van der Waals surface area (Å²) in [5.74, 6) is -1.52. The molecule has 3 rings (SSSR count). The fraction of sp³-hybridized carbons (Fsp3) is 0.733. The summed E-state index contributed by atoms with van der Waals surface area (Å²) < 4.78 is 0. The number of nitrogens with one attached hydrogen (secondary N) is 1. The standard InChI is InChI=1S/C15H21NO3/c17-14(16-11-4-2-1-3-5-11)12-9-6-7-10(8-9)13(12)15(18)19/h6-7,9-13H,1-5,8H2,(H,16,17)(H,18,19)/t9-,10-,12+,13+/m0/s1. The van der Waals surface area contributed by atoms with E-state index in [-0.39, 0.29) is 29.7 Å². The van der Waals surface area contributed by atoms with Gasteiger partial charge in [-0.3, -0.25) is 9.59 Å². The number of rotatable bonds is 3. The summed E-state index contributed by atoms with van der Waals surface area (Å²) in [6.45, 7) is 0. The molecular weight excluding hydrogens is 242 g/mol. The molecule has 0 aromatic heterocycles. The van der Waals surface area contributed by atoms with Gasteiger partial charge in [0.25, 0.3) is 0 Å². The maximum atomic E-state index is 12.4.